The first kappa shape index (κ1) is 80.2. The molecule has 13 nitrogen and oxygen atoms in total. The predicted octanol–water partition coefficient (Wildman–Crippen LogP) is 28.8. The van der Waals surface area contributed by atoms with Crippen molar-refractivity contribution in [2.75, 3.05) is 0 Å². The SMILES string of the molecule is [2H]C([2H])([2H])[n+]1[c-]n(-c2[c-]c(Oc3[c-]c4c(cc3)c3ccccc3n4-c3cc(C(C)(C)C)ccn3)ccc2)c2cccc(-c3c(-n4c5ccccc5c5ccccc54)ccc4c5ccccc5n(-c5ccccc5)c34)c21.[2H]C([2H])([2H])[n+]1[c-]n(-c2[c-]c(Oc3[c-]c4c(cc3)c3ccccc3n4-c3cc(C(C)(C)C)ccn3)ccc2)c2cccc(-c3c(C(C)(C)C)ccc4c5ccccc5n(-c5ccccc5)c34)c21.[Pt].[Pt]. The van der Waals surface area contributed by atoms with E-state index >= 15 is 0 Å². The zero-order chi connectivity index (χ0) is 96.4. The number of hydrogen-bond acceptors (Lipinski definition) is 4. The average molecular weight is 2140 g/mol. The van der Waals surface area contributed by atoms with E-state index in [0.29, 0.717) is 56.4 Å². The molecule has 15 heteroatoms. The van der Waals surface area contributed by atoms with Crippen LogP contribution in [-0.4, -0.2) is 41.9 Å². The number of rotatable bonds is 13. The van der Waals surface area contributed by atoms with E-state index in [2.05, 4.69) is 353 Å². The van der Waals surface area contributed by atoms with Crippen molar-refractivity contribution in [3.63, 3.8) is 0 Å². The number of aryl methyl sites for hydroxylation is 2. The van der Waals surface area contributed by atoms with Gasteiger partial charge in [0.15, 0.2) is 0 Å². The van der Waals surface area contributed by atoms with Gasteiger partial charge in [-0.25, -0.2) is 9.97 Å². The number of ether oxygens (including phenoxy) is 2. The van der Waals surface area contributed by atoms with Crippen molar-refractivity contribution in [3.05, 3.63) is 418 Å². The Kier molecular flexibility index (Phi) is 19.9. The molecule has 9 heterocycles. The van der Waals surface area contributed by atoms with Gasteiger partial charge in [-0.15, -0.1) is 59.3 Å². The maximum absolute atomic E-state index is 9.14. The number of hydrogen-bond donors (Lipinski definition) is 0. The molecule has 25 rings (SSSR count). The third-order valence-corrected chi connectivity index (χ3v) is 26.4. The number of nitrogens with zero attached hydrogens (tertiary/aromatic N) is 11. The van der Waals surface area contributed by atoms with Gasteiger partial charge >= 0.3 is 0 Å². The summed E-state index contributed by atoms with van der Waals surface area (Å²) in [6, 6.07) is 134. The molecular formula is C122H93N11O2Pt2-4. The average Bonchev–Trinajstić information content (AvgIpc) is 1.56. The molecule has 137 heavy (non-hydrogen) atoms. The second-order valence-corrected chi connectivity index (χ2v) is 37.8. The molecule has 16 aromatic carbocycles. The van der Waals surface area contributed by atoms with Crippen molar-refractivity contribution in [2.45, 2.75) is 78.6 Å². The second-order valence-electron chi connectivity index (χ2n) is 37.8. The first-order valence-electron chi connectivity index (χ1n) is 48.6. The van der Waals surface area contributed by atoms with Crippen molar-refractivity contribution >= 4 is 131 Å². The number of aromatic nitrogens is 11. The number of benzene rings is 16. The normalized spacial score (nSPS) is 12.9. The van der Waals surface area contributed by atoms with Gasteiger partial charge in [0.25, 0.3) is 0 Å². The van der Waals surface area contributed by atoms with E-state index in [0.717, 1.165) is 166 Å². The van der Waals surface area contributed by atoms with Crippen LogP contribution in [0, 0.1) is 36.9 Å². The molecule has 0 saturated heterocycles. The van der Waals surface area contributed by atoms with Crippen LogP contribution in [0.4, 0.5) is 0 Å². The zero-order valence-electron chi connectivity index (χ0n) is 82.5. The Morgan fingerprint density at radius 3 is 1.05 bits per heavy atom. The van der Waals surface area contributed by atoms with Gasteiger partial charge in [-0.1, -0.05) is 285 Å². The zero-order valence-corrected chi connectivity index (χ0v) is 81.1. The first-order valence-corrected chi connectivity index (χ1v) is 45.6. The summed E-state index contributed by atoms with van der Waals surface area (Å²) in [4.78, 5) is 9.68. The van der Waals surface area contributed by atoms with E-state index in [4.69, 9.17) is 27.7 Å². The van der Waals surface area contributed by atoms with Gasteiger partial charge in [-0.2, -0.15) is 36.4 Å². The van der Waals surface area contributed by atoms with Gasteiger partial charge in [0.1, 0.15) is 11.6 Å². The van der Waals surface area contributed by atoms with Gasteiger partial charge in [0.2, 0.25) is 12.7 Å². The van der Waals surface area contributed by atoms with Gasteiger partial charge < -0.3 is 50.6 Å². The minimum atomic E-state index is -2.63. The molecule has 0 fully saturated rings. The fourth-order valence-electron chi connectivity index (χ4n) is 20.2. The Bertz CT molecular complexity index is 9330. The molecule has 0 unspecified atom stereocenters. The molecule has 0 aliphatic rings. The van der Waals surface area contributed by atoms with Gasteiger partial charge in [-0.3, -0.25) is 0 Å². The molecular weight excluding hydrogens is 2040 g/mol. The van der Waals surface area contributed by atoms with Crippen LogP contribution in [0.1, 0.15) is 87.2 Å². The Labute approximate surface area is 831 Å². The maximum atomic E-state index is 9.14. The number of fused-ring (bicyclic) bond motifs is 17. The fraction of sp³-hybridized carbons (Fsp3) is 0.115. The van der Waals surface area contributed by atoms with Crippen molar-refractivity contribution in [1.29, 1.82) is 0 Å². The van der Waals surface area contributed by atoms with E-state index < -0.39 is 14.0 Å². The summed E-state index contributed by atoms with van der Waals surface area (Å²) in [7, 11) is 0. The topological polar surface area (TPSA) is 86.5 Å². The predicted molar refractivity (Wildman–Crippen MR) is 549 cm³/mol. The molecule has 0 radical (unpaired) electrons. The van der Waals surface area contributed by atoms with Crippen LogP contribution in [0.2, 0.25) is 0 Å². The monoisotopic (exact) mass is 2140 g/mol. The third kappa shape index (κ3) is 14.7. The number of imidazole rings is 2. The molecule has 25 aromatic rings. The van der Waals surface area contributed by atoms with Crippen LogP contribution in [0.25, 0.3) is 193 Å². The molecule has 0 spiro atoms. The molecule has 0 aliphatic heterocycles. The summed E-state index contributed by atoms with van der Waals surface area (Å²) in [6.45, 7) is 14.6. The van der Waals surface area contributed by atoms with E-state index in [1.807, 2.05) is 134 Å². The van der Waals surface area contributed by atoms with Crippen LogP contribution >= 0.6 is 0 Å². The summed E-state index contributed by atoms with van der Waals surface area (Å²) in [5, 5.41) is 10.8. The minimum absolute atomic E-state index is 0. The van der Waals surface area contributed by atoms with Crippen LogP contribution in [-0.2, 0) is 72.3 Å². The van der Waals surface area contributed by atoms with Gasteiger partial charge in [0.05, 0.1) is 83.0 Å². The van der Waals surface area contributed by atoms with E-state index in [-0.39, 0.29) is 58.4 Å². The minimum Gasteiger partial charge on any atom is -0.510 e. The van der Waals surface area contributed by atoms with Crippen molar-refractivity contribution < 1.29 is 69.0 Å². The van der Waals surface area contributed by atoms with E-state index in [1.165, 1.54) is 20.3 Å². The summed E-state index contributed by atoms with van der Waals surface area (Å²) in [5.74, 6) is 3.47. The molecule has 0 bridgehead atoms. The molecule has 0 aliphatic carbocycles. The Hall–Kier alpha value is -15.3. The summed E-state index contributed by atoms with van der Waals surface area (Å²) in [6.07, 6.45) is 10.3. The molecule has 0 saturated carbocycles. The van der Waals surface area contributed by atoms with Crippen LogP contribution < -0.4 is 18.6 Å². The molecule has 0 N–H and O–H groups in total. The van der Waals surface area contributed by atoms with E-state index in [9.17, 15) is 0 Å². The maximum Gasteiger partial charge on any atom is 0.242 e. The molecule has 0 atom stereocenters. The van der Waals surface area contributed by atoms with Crippen LogP contribution in [0.3, 0.4) is 0 Å². The molecule has 9 aromatic heterocycles. The largest absolute Gasteiger partial charge is 0.510 e. The second kappa shape index (κ2) is 34.0. The summed E-state index contributed by atoms with van der Waals surface area (Å²) < 4.78 is 84.8. The van der Waals surface area contributed by atoms with E-state index in [1.54, 1.807) is 9.13 Å². The van der Waals surface area contributed by atoms with Crippen molar-refractivity contribution in [3.8, 4) is 85.3 Å². The summed E-state index contributed by atoms with van der Waals surface area (Å²) >= 11 is 0. The Balaban J connectivity index is 0.000000163. The van der Waals surface area contributed by atoms with Crippen LogP contribution in [0.5, 0.6) is 23.0 Å². The third-order valence-electron chi connectivity index (χ3n) is 26.4. The smallest absolute Gasteiger partial charge is 0.242 e. The molecule has 0 amide bonds. The van der Waals surface area contributed by atoms with Gasteiger partial charge in [-0.05, 0) is 146 Å². The van der Waals surface area contributed by atoms with Gasteiger partial charge in [0, 0.05) is 143 Å². The quantitative estimate of drug-likeness (QED) is 0.0850. The van der Waals surface area contributed by atoms with Crippen molar-refractivity contribution in [1.82, 2.24) is 41.9 Å². The fourth-order valence-corrected chi connectivity index (χ4v) is 20.2. The number of pyridine rings is 2. The summed E-state index contributed by atoms with van der Waals surface area (Å²) in [5.41, 5.74) is 22.6. The Morgan fingerprint density at radius 2 is 0.635 bits per heavy atom. The van der Waals surface area contributed by atoms with Crippen LogP contribution in [0.15, 0.2) is 364 Å². The number of para-hydroxylation sites is 10. The first-order chi connectivity index (χ1) is 68.1. The standard InChI is InChI=1S/C65H46N6O.C57H47N5O.2Pt/c1-65(2,3)42-36-37-66-61(38-42)71-57-30-15-10-24-49(57)51-33-32-46(40-60(51)71)72-45-21-16-20-44(39-45)68-41-67(4)63-53(26-17-31-59(63)68)62-58(70-55-28-13-8-22-47(55)48-23-9-14-29-56(48)70)35-34-52-50-25-11-12-27-54(50)69(64(52)62)43-18-6-5-7-19-43;1-56(2,3)37-31-32-58-52(33-37)62-49-25-14-11-21-42(49)44-28-27-41(35-51(44)62)63-40-20-15-19-39(34-40)60-36-59(7)54-46(23-16-26-50(54)60)53-47(57(4,5)6)30-29-45-43-22-12-13-24-48(43)61(55(45)53)38-17-9-8-10-18-38;;/h5-38H,1-4H3;8-33H,1-7H3;;/q2*-2;;/i4D3;7D3;;. The van der Waals surface area contributed by atoms with Crippen molar-refractivity contribution in [2.24, 2.45) is 14.0 Å². The Morgan fingerprint density at radius 1 is 0.292 bits per heavy atom. The molecule has 672 valence electrons.